The lowest BCUT2D eigenvalue weighted by Gasteiger charge is -2.08. The van der Waals surface area contributed by atoms with Crippen LogP contribution in [-0.2, 0) is 0 Å². The second-order valence-electron chi connectivity index (χ2n) is 6.16. The van der Waals surface area contributed by atoms with E-state index in [1.54, 1.807) is 12.1 Å². The number of hydrogen-bond donors (Lipinski definition) is 0. The number of nitrogens with zero attached hydrogens (tertiary/aromatic N) is 1. The number of carbonyl (C=O) groups is 1. The summed E-state index contributed by atoms with van der Waals surface area (Å²) in [6.07, 6.45) is 2.72. The zero-order chi connectivity index (χ0) is 20.8. The van der Waals surface area contributed by atoms with Crippen LogP contribution in [0.2, 0.25) is 0 Å². The van der Waals surface area contributed by atoms with Crippen LogP contribution < -0.4 is 9.47 Å². The van der Waals surface area contributed by atoms with Crippen molar-refractivity contribution in [2.24, 2.45) is 0 Å². The molecule has 3 rings (SSSR count). The van der Waals surface area contributed by atoms with Crippen LogP contribution in [0.5, 0.6) is 11.5 Å². The monoisotopic (exact) mass is 389 g/mol. The number of carbonyl (C=O) groups excluding carboxylic acids is 1. The molecule has 0 fully saturated rings. The number of allylic oxidation sites excluding steroid dienone is 1. The van der Waals surface area contributed by atoms with Crippen molar-refractivity contribution in [2.45, 2.75) is 0 Å². The van der Waals surface area contributed by atoms with Crippen LogP contribution in [0.4, 0.5) is 5.69 Å². The Morgan fingerprint density at radius 2 is 1.48 bits per heavy atom. The van der Waals surface area contributed by atoms with Crippen molar-refractivity contribution in [2.75, 3.05) is 14.2 Å². The van der Waals surface area contributed by atoms with Crippen molar-refractivity contribution >= 4 is 17.5 Å². The van der Waals surface area contributed by atoms with Crippen LogP contribution in [-0.4, -0.2) is 24.9 Å². The van der Waals surface area contributed by atoms with Gasteiger partial charge in [0, 0.05) is 5.56 Å². The van der Waals surface area contributed by atoms with Gasteiger partial charge in [0.1, 0.15) is 0 Å². The first-order valence-electron chi connectivity index (χ1n) is 8.82. The minimum atomic E-state index is -0.527. The molecule has 0 saturated carbocycles. The van der Waals surface area contributed by atoms with Crippen molar-refractivity contribution in [3.63, 3.8) is 0 Å². The van der Waals surface area contributed by atoms with Crippen molar-refractivity contribution in [3.8, 4) is 22.6 Å². The Balaban J connectivity index is 1.86. The molecule has 0 amide bonds. The molecule has 3 aromatic rings. The summed E-state index contributed by atoms with van der Waals surface area (Å²) in [5.74, 6) is 0.338. The van der Waals surface area contributed by atoms with Gasteiger partial charge in [0.05, 0.1) is 30.8 Å². The highest BCUT2D eigenvalue weighted by atomic mass is 16.6. The smallest absolute Gasteiger partial charge is 0.280 e. The van der Waals surface area contributed by atoms with E-state index >= 15 is 0 Å². The minimum absolute atomic E-state index is 0.175. The summed E-state index contributed by atoms with van der Waals surface area (Å²) in [4.78, 5) is 23.4. The lowest BCUT2D eigenvalue weighted by Crippen LogP contribution is -1.98. The molecule has 6 heteroatoms. The second-order valence-corrected chi connectivity index (χ2v) is 6.16. The SMILES string of the molecule is COc1cc(/C=C/C(=O)c2ccc(-c3ccccc3)cc2)c([N+](=O)[O-])cc1OC. The Hall–Kier alpha value is -3.93. The van der Waals surface area contributed by atoms with Crippen molar-refractivity contribution in [3.05, 3.63) is 94.0 Å². The quantitative estimate of drug-likeness (QED) is 0.241. The predicted molar refractivity (Wildman–Crippen MR) is 111 cm³/mol. The van der Waals surface area contributed by atoms with E-state index in [0.29, 0.717) is 11.3 Å². The molecule has 0 aliphatic heterocycles. The van der Waals surface area contributed by atoms with Gasteiger partial charge in [0.2, 0.25) is 0 Å². The molecule has 0 unspecified atom stereocenters. The summed E-state index contributed by atoms with van der Waals surface area (Å²) in [5, 5.41) is 11.4. The van der Waals surface area contributed by atoms with Gasteiger partial charge in [-0.05, 0) is 29.3 Å². The van der Waals surface area contributed by atoms with E-state index in [0.717, 1.165) is 11.1 Å². The Kier molecular flexibility index (Phi) is 6.04. The zero-order valence-electron chi connectivity index (χ0n) is 16.0. The summed E-state index contributed by atoms with van der Waals surface area (Å²) >= 11 is 0. The fourth-order valence-electron chi connectivity index (χ4n) is 2.89. The molecule has 29 heavy (non-hydrogen) atoms. The molecule has 0 aliphatic carbocycles. The lowest BCUT2D eigenvalue weighted by atomic mass is 10.0. The maximum absolute atomic E-state index is 12.5. The molecule has 0 aromatic heterocycles. The average Bonchev–Trinajstić information content (AvgIpc) is 2.77. The maximum Gasteiger partial charge on any atom is 0.280 e. The summed E-state index contributed by atoms with van der Waals surface area (Å²) in [6.45, 7) is 0. The number of methoxy groups -OCH3 is 2. The summed E-state index contributed by atoms with van der Waals surface area (Å²) in [6, 6.07) is 19.8. The molecule has 0 atom stereocenters. The molecule has 0 aliphatic rings. The van der Waals surface area contributed by atoms with Gasteiger partial charge in [-0.25, -0.2) is 0 Å². The van der Waals surface area contributed by atoms with E-state index in [9.17, 15) is 14.9 Å². The molecule has 3 aromatic carbocycles. The van der Waals surface area contributed by atoms with Crippen molar-refractivity contribution in [1.29, 1.82) is 0 Å². The molecule has 0 bridgehead atoms. The number of ketones is 1. The van der Waals surface area contributed by atoms with Gasteiger partial charge in [0.25, 0.3) is 5.69 Å². The van der Waals surface area contributed by atoms with Crippen LogP contribution >= 0.6 is 0 Å². The van der Waals surface area contributed by atoms with Crippen molar-refractivity contribution in [1.82, 2.24) is 0 Å². The fraction of sp³-hybridized carbons (Fsp3) is 0.0870. The van der Waals surface area contributed by atoms with Gasteiger partial charge in [-0.3, -0.25) is 14.9 Å². The first-order valence-corrected chi connectivity index (χ1v) is 8.82. The molecule has 146 valence electrons. The number of ether oxygens (including phenoxy) is 2. The standard InChI is InChI=1S/C23H19NO5/c1-28-22-14-19(20(24(26)27)15-23(22)29-2)12-13-21(25)18-10-8-17(9-11-18)16-6-4-3-5-7-16/h3-15H,1-2H3/b13-12+. The van der Waals surface area contributed by atoms with E-state index in [4.69, 9.17) is 9.47 Å². The zero-order valence-corrected chi connectivity index (χ0v) is 16.0. The van der Waals surface area contributed by atoms with Crippen LogP contribution in [0.15, 0.2) is 72.8 Å². The Labute approximate surface area is 168 Å². The Morgan fingerprint density at radius 1 is 0.897 bits per heavy atom. The van der Waals surface area contributed by atoms with Gasteiger partial charge in [0.15, 0.2) is 17.3 Å². The first kappa shape index (κ1) is 19.8. The predicted octanol–water partition coefficient (Wildman–Crippen LogP) is 5.18. The van der Waals surface area contributed by atoms with E-state index in [1.807, 2.05) is 42.5 Å². The largest absolute Gasteiger partial charge is 0.493 e. The normalized spacial score (nSPS) is 10.7. The van der Waals surface area contributed by atoms with Crippen LogP contribution in [0.25, 0.3) is 17.2 Å². The lowest BCUT2D eigenvalue weighted by molar-refractivity contribution is -0.385. The molecule has 6 nitrogen and oxygen atoms in total. The molecule has 0 heterocycles. The van der Waals surface area contributed by atoms with Crippen molar-refractivity contribution < 1.29 is 19.2 Å². The maximum atomic E-state index is 12.5. The van der Waals surface area contributed by atoms with Gasteiger partial charge in [-0.15, -0.1) is 0 Å². The number of nitro groups is 1. The highest BCUT2D eigenvalue weighted by molar-refractivity contribution is 6.07. The summed E-state index contributed by atoms with van der Waals surface area (Å²) < 4.78 is 10.3. The summed E-state index contributed by atoms with van der Waals surface area (Å²) in [5.41, 5.74) is 2.63. The van der Waals surface area contributed by atoms with Crippen LogP contribution in [0.3, 0.4) is 0 Å². The third-order valence-corrected chi connectivity index (χ3v) is 4.42. The van der Waals surface area contributed by atoms with Crippen LogP contribution in [0, 0.1) is 10.1 Å². The number of hydrogen-bond acceptors (Lipinski definition) is 5. The molecule has 0 saturated heterocycles. The summed E-state index contributed by atoms with van der Waals surface area (Å²) in [7, 11) is 2.84. The highest BCUT2D eigenvalue weighted by Crippen LogP contribution is 2.35. The Morgan fingerprint density at radius 3 is 2.07 bits per heavy atom. The topological polar surface area (TPSA) is 78.7 Å². The number of nitro benzene ring substituents is 1. The average molecular weight is 389 g/mol. The molecular weight excluding hydrogens is 370 g/mol. The van der Waals surface area contributed by atoms with Gasteiger partial charge in [-0.1, -0.05) is 54.6 Å². The number of rotatable bonds is 7. The fourth-order valence-corrected chi connectivity index (χ4v) is 2.89. The van der Waals surface area contributed by atoms with E-state index in [2.05, 4.69) is 0 Å². The van der Waals surface area contributed by atoms with Gasteiger partial charge >= 0.3 is 0 Å². The molecular formula is C23H19NO5. The molecule has 0 N–H and O–H groups in total. The number of benzene rings is 3. The van der Waals surface area contributed by atoms with Gasteiger partial charge < -0.3 is 9.47 Å². The Bertz CT molecular complexity index is 1060. The van der Waals surface area contributed by atoms with Gasteiger partial charge in [-0.2, -0.15) is 0 Å². The second kappa shape index (κ2) is 8.84. The third kappa shape index (κ3) is 4.50. The van der Waals surface area contributed by atoms with E-state index in [1.165, 1.54) is 38.5 Å². The van der Waals surface area contributed by atoms with Crippen LogP contribution in [0.1, 0.15) is 15.9 Å². The molecule has 0 radical (unpaired) electrons. The van der Waals surface area contributed by atoms with E-state index < -0.39 is 4.92 Å². The third-order valence-electron chi connectivity index (χ3n) is 4.42. The highest BCUT2D eigenvalue weighted by Gasteiger charge is 2.18. The van der Waals surface area contributed by atoms with E-state index in [-0.39, 0.29) is 22.8 Å². The minimum Gasteiger partial charge on any atom is -0.493 e. The molecule has 0 spiro atoms. The first-order chi connectivity index (χ1) is 14.0.